The van der Waals surface area contributed by atoms with Gasteiger partial charge in [-0.05, 0) is 50.9 Å². The molecule has 2 aromatic rings. The molecule has 2 N–H and O–H groups in total. The van der Waals surface area contributed by atoms with Crippen LogP contribution in [0, 0.1) is 12.8 Å². The van der Waals surface area contributed by atoms with Crippen LogP contribution >= 0.6 is 0 Å². The Hall–Kier alpha value is -2.54. The van der Waals surface area contributed by atoms with Crippen molar-refractivity contribution in [1.29, 1.82) is 0 Å². The highest BCUT2D eigenvalue weighted by atomic mass is 32.2. The molecule has 0 bridgehead atoms. The second kappa shape index (κ2) is 9.73. The highest BCUT2D eigenvalue weighted by Gasteiger charge is 2.27. The molecule has 0 unspecified atom stereocenters. The number of anilines is 1. The average molecular weight is 454 g/mol. The lowest BCUT2D eigenvalue weighted by Crippen LogP contribution is -2.43. The van der Waals surface area contributed by atoms with E-state index in [1.165, 1.54) is 4.90 Å². The number of aromatic nitrogens is 2. The van der Waals surface area contributed by atoms with E-state index in [4.69, 9.17) is 4.52 Å². The number of hydrogen-bond acceptors (Lipinski definition) is 8. The third-order valence-corrected chi connectivity index (χ3v) is 6.27. The normalized spacial score (nSPS) is 16.0. The van der Waals surface area contributed by atoms with E-state index >= 15 is 0 Å². The van der Waals surface area contributed by atoms with Gasteiger partial charge in [-0.2, -0.15) is 4.98 Å². The number of para-hydroxylation sites is 1. The Balaban J connectivity index is 1.64. The number of carboxylic acid groups (broad SMARTS) is 1. The molecule has 31 heavy (non-hydrogen) atoms. The lowest BCUT2D eigenvalue weighted by molar-refractivity contribution is -0.00548. The second-order valence-corrected chi connectivity index (χ2v) is 9.54. The Kier molecular flexibility index (Phi) is 7.26. The Morgan fingerprint density at radius 3 is 2.55 bits per heavy atom. The van der Waals surface area contributed by atoms with Crippen molar-refractivity contribution in [2.45, 2.75) is 19.8 Å². The number of hydroxylamine groups is 1. The number of aryl methyl sites for hydroxylation is 1. The van der Waals surface area contributed by atoms with Crippen molar-refractivity contribution in [2.75, 3.05) is 43.9 Å². The standard InChI is InChI=1S/C19H27N5O6S/c1-14-20-18(30-21-14)16-5-3-4-6-17(16)23(19(25)26)13-15-7-9-22(10-8-15)11-12-24(27)31(2,28)29/h3-6,15,27H,7-13H2,1-2H3,(H,25,26). The highest BCUT2D eigenvalue weighted by Crippen LogP contribution is 2.31. The summed E-state index contributed by atoms with van der Waals surface area (Å²) >= 11 is 0. The third-order valence-electron chi connectivity index (χ3n) is 5.32. The first-order valence-electron chi connectivity index (χ1n) is 9.94. The summed E-state index contributed by atoms with van der Waals surface area (Å²) in [6, 6.07) is 7.03. The molecule has 3 rings (SSSR count). The Morgan fingerprint density at radius 1 is 1.29 bits per heavy atom. The first-order valence-corrected chi connectivity index (χ1v) is 11.8. The fourth-order valence-electron chi connectivity index (χ4n) is 3.62. The summed E-state index contributed by atoms with van der Waals surface area (Å²) in [6.07, 6.45) is 1.41. The van der Waals surface area contributed by atoms with Crippen molar-refractivity contribution in [2.24, 2.45) is 5.92 Å². The molecule has 0 aliphatic carbocycles. The number of nitrogens with zero attached hydrogens (tertiary/aromatic N) is 5. The van der Waals surface area contributed by atoms with Gasteiger partial charge in [0.05, 0.1) is 24.1 Å². The monoisotopic (exact) mass is 453 g/mol. The van der Waals surface area contributed by atoms with Gasteiger partial charge in [0.1, 0.15) is 0 Å². The van der Waals surface area contributed by atoms with Crippen LogP contribution in [0.5, 0.6) is 0 Å². The maximum Gasteiger partial charge on any atom is 0.411 e. The van der Waals surface area contributed by atoms with Gasteiger partial charge in [-0.25, -0.2) is 13.2 Å². The second-order valence-electron chi connectivity index (χ2n) is 7.65. The number of sulfonamides is 1. The molecule has 1 aliphatic heterocycles. The highest BCUT2D eigenvalue weighted by molar-refractivity contribution is 7.88. The Morgan fingerprint density at radius 2 is 1.97 bits per heavy atom. The molecule has 1 saturated heterocycles. The SMILES string of the molecule is Cc1noc(-c2ccccc2N(CC2CCN(CCN(O)S(C)(=O)=O)CC2)C(=O)O)n1. The van der Waals surface area contributed by atoms with Crippen LogP contribution < -0.4 is 4.90 Å². The van der Waals surface area contributed by atoms with Gasteiger partial charge in [-0.3, -0.25) is 10.1 Å². The summed E-state index contributed by atoms with van der Waals surface area (Å²) in [4.78, 5) is 19.7. The molecule has 1 fully saturated rings. The minimum absolute atomic E-state index is 0.00171. The van der Waals surface area contributed by atoms with Crippen LogP contribution in [-0.2, 0) is 10.0 Å². The van der Waals surface area contributed by atoms with Crippen molar-refractivity contribution in [3.05, 3.63) is 30.1 Å². The first kappa shape index (κ1) is 23.1. The Labute approximate surface area is 180 Å². The lowest BCUT2D eigenvalue weighted by atomic mass is 9.95. The molecule has 0 spiro atoms. The number of carbonyl (C=O) groups is 1. The van der Waals surface area contributed by atoms with Crippen molar-refractivity contribution >= 4 is 21.8 Å². The van der Waals surface area contributed by atoms with Gasteiger partial charge in [0.15, 0.2) is 5.82 Å². The summed E-state index contributed by atoms with van der Waals surface area (Å²) in [6.45, 7) is 3.83. The van der Waals surface area contributed by atoms with E-state index < -0.39 is 16.1 Å². The fourth-order valence-corrected chi connectivity index (χ4v) is 4.03. The van der Waals surface area contributed by atoms with Gasteiger partial charge < -0.3 is 14.5 Å². The molecule has 11 nitrogen and oxygen atoms in total. The molecule has 1 aliphatic rings. The number of likely N-dealkylation sites (tertiary alicyclic amines) is 1. The number of rotatable bonds is 8. The van der Waals surface area contributed by atoms with Crippen LogP contribution in [0.25, 0.3) is 11.5 Å². The maximum atomic E-state index is 12.1. The zero-order chi connectivity index (χ0) is 22.6. The first-order chi connectivity index (χ1) is 14.6. The molecule has 170 valence electrons. The van der Waals surface area contributed by atoms with E-state index in [9.17, 15) is 23.5 Å². The number of amides is 1. The van der Waals surface area contributed by atoms with Gasteiger partial charge >= 0.3 is 6.09 Å². The van der Waals surface area contributed by atoms with E-state index in [1.807, 2.05) is 0 Å². The number of benzene rings is 1. The van der Waals surface area contributed by atoms with E-state index in [0.717, 1.165) is 19.1 Å². The molecule has 1 aromatic carbocycles. The van der Waals surface area contributed by atoms with Crippen molar-refractivity contribution in [1.82, 2.24) is 19.5 Å². The predicted octanol–water partition coefficient (Wildman–Crippen LogP) is 1.89. The zero-order valence-electron chi connectivity index (χ0n) is 17.5. The molecule has 0 atom stereocenters. The van der Waals surface area contributed by atoms with Gasteiger partial charge in [0.25, 0.3) is 5.89 Å². The summed E-state index contributed by atoms with van der Waals surface area (Å²) in [5, 5.41) is 23.2. The van der Waals surface area contributed by atoms with Crippen LogP contribution in [-0.4, -0.2) is 83.3 Å². The van der Waals surface area contributed by atoms with Gasteiger partial charge in [-0.15, -0.1) is 0 Å². The summed E-state index contributed by atoms with van der Waals surface area (Å²) in [7, 11) is -3.62. The molecule has 1 amide bonds. The van der Waals surface area contributed by atoms with E-state index in [-0.39, 0.29) is 18.4 Å². The van der Waals surface area contributed by atoms with Crippen LogP contribution in [0.3, 0.4) is 0 Å². The van der Waals surface area contributed by atoms with Crippen LogP contribution in [0.4, 0.5) is 10.5 Å². The molecule has 1 aromatic heterocycles. The third kappa shape index (κ3) is 6.00. The van der Waals surface area contributed by atoms with E-state index in [1.54, 1.807) is 31.2 Å². The number of piperidine rings is 1. The maximum absolute atomic E-state index is 12.1. The van der Waals surface area contributed by atoms with Gasteiger partial charge in [0, 0.05) is 13.1 Å². The van der Waals surface area contributed by atoms with Crippen LogP contribution in [0.2, 0.25) is 0 Å². The summed E-state index contributed by atoms with van der Waals surface area (Å²) in [5.41, 5.74) is 1.05. The van der Waals surface area contributed by atoms with Crippen molar-refractivity contribution < 1.29 is 28.0 Å². The smallest absolute Gasteiger partial charge is 0.411 e. The minimum Gasteiger partial charge on any atom is -0.465 e. The Bertz CT molecular complexity index is 1000. The van der Waals surface area contributed by atoms with Crippen LogP contribution in [0.1, 0.15) is 18.7 Å². The summed E-state index contributed by atoms with van der Waals surface area (Å²) < 4.78 is 28.2. The molecule has 12 heteroatoms. The van der Waals surface area contributed by atoms with Crippen molar-refractivity contribution in [3.63, 3.8) is 0 Å². The quantitative estimate of drug-likeness (QED) is 0.573. The zero-order valence-corrected chi connectivity index (χ0v) is 18.3. The van der Waals surface area contributed by atoms with E-state index in [2.05, 4.69) is 15.0 Å². The minimum atomic E-state index is -3.62. The molecular weight excluding hydrogens is 426 g/mol. The van der Waals surface area contributed by atoms with Crippen molar-refractivity contribution in [3.8, 4) is 11.5 Å². The molecule has 0 radical (unpaired) electrons. The fraction of sp³-hybridized carbons (Fsp3) is 0.526. The van der Waals surface area contributed by atoms with Gasteiger partial charge in [0.2, 0.25) is 10.0 Å². The largest absolute Gasteiger partial charge is 0.465 e. The molecular formula is C19H27N5O6S. The lowest BCUT2D eigenvalue weighted by Gasteiger charge is -2.34. The topological polar surface area (TPSA) is 140 Å². The number of hydrogen-bond donors (Lipinski definition) is 2. The predicted molar refractivity (Wildman–Crippen MR) is 112 cm³/mol. The molecule has 2 heterocycles. The average Bonchev–Trinajstić information content (AvgIpc) is 3.16. The van der Waals surface area contributed by atoms with Gasteiger partial charge in [-0.1, -0.05) is 21.8 Å². The summed E-state index contributed by atoms with van der Waals surface area (Å²) in [5.74, 6) is 0.884. The van der Waals surface area contributed by atoms with E-state index in [0.29, 0.717) is 47.7 Å². The van der Waals surface area contributed by atoms with Crippen LogP contribution in [0.15, 0.2) is 28.8 Å². The molecule has 0 saturated carbocycles.